The maximum atomic E-state index is 10.8. The van der Waals surface area contributed by atoms with Crippen LogP contribution < -0.4 is 0 Å². The number of esters is 2. The maximum Gasteiger partial charge on any atom is 0.333 e. The Morgan fingerprint density at radius 1 is 1.19 bits per heavy atom. The van der Waals surface area contributed by atoms with Crippen LogP contribution in [0, 0.1) is 0 Å². The molecule has 0 atom stereocenters. The normalized spacial score (nSPS) is 9.81. The molecule has 0 radical (unpaired) electrons. The number of aliphatic carboxylic acids is 1. The third-order valence-electron chi connectivity index (χ3n) is 1.27. The Bertz CT molecular complexity index is 328. The zero-order valence-corrected chi connectivity index (χ0v) is 8.76. The van der Waals surface area contributed by atoms with Gasteiger partial charge in [-0.1, -0.05) is 6.58 Å². The number of carboxylic acid groups (broad SMARTS) is 1. The van der Waals surface area contributed by atoms with Crippen LogP contribution in [0.2, 0.25) is 0 Å². The molecule has 88 valence electrons. The van der Waals surface area contributed by atoms with Crippen LogP contribution >= 0.6 is 0 Å². The van der Waals surface area contributed by atoms with E-state index in [9.17, 15) is 14.4 Å². The van der Waals surface area contributed by atoms with Crippen LogP contribution in [0.15, 0.2) is 24.3 Å². The van der Waals surface area contributed by atoms with Crippen molar-refractivity contribution in [2.75, 3.05) is 13.2 Å². The molecule has 16 heavy (non-hydrogen) atoms. The monoisotopic (exact) mass is 228 g/mol. The second-order valence-corrected chi connectivity index (χ2v) is 2.76. The van der Waals surface area contributed by atoms with Gasteiger partial charge in [0.1, 0.15) is 13.2 Å². The molecule has 0 aliphatic carbocycles. The summed E-state index contributed by atoms with van der Waals surface area (Å²) in [7, 11) is 0. The van der Waals surface area contributed by atoms with Crippen molar-refractivity contribution in [1.29, 1.82) is 0 Å². The highest BCUT2D eigenvalue weighted by Crippen LogP contribution is 1.92. The highest BCUT2D eigenvalue weighted by atomic mass is 16.6. The molecule has 0 bridgehead atoms. The summed E-state index contributed by atoms with van der Waals surface area (Å²) in [5, 5.41) is 8.19. The third kappa shape index (κ3) is 7.31. The van der Waals surface area contributed by atoms with Gasteiger partial charge in [-0.15, -0.1) is 0 Å². The lowest BCUT2D eigenvalue weighted by molar-refractivity contribution is -0.146. The lowest BCUT2D eigenvalue weighted by Crippen LogP contribution is -2.13. The average Bonchev–Trinajstić information content (AvgIpc) is 2.20. The van der Waals surface area contributed by atoms with Crippen LogP contribution in [0.1, 0.15) is 6.92 Å². The first kappa shape index (κ1) is 13.9. The Morgan fingerprint density at radius 2 is 1.75 bits per heavy atom. The van der Waals surface area contributed by atoms with Crippen molar-refractivity contribution >= 4 is 17.9 Å². The van der Waals surface area contributed by atoms with Gasteiger partial charge in [-0.05, 0) is 6.92 Å². The first-order valence-electron chi connectivity index (χ1n) is 4.34. The fourth-order valence-electron chi connectivity index (χ4n) is 0.587. The minimum Gasteiger partial charge on any atom is -0.478 e. The van der Waals surface area contributed by atoms with E-state index in [2.05, 4.69) is 16.1 Å². The van der Waals surface area contributed by atoms with Crippen molar-refractivity contribution in [2.45, 2.75) is 6.92 Å². The van der Waals surface area contributed by atoms with Crippen LogP contribution in [0.3, 0.4) is 0 Å². The zero-order chi connectivity index (χ0) is 12.6. The van der Waals surface area contributed by atoms with E-state index in [4.69, 9.17) is 5.11 Å². The van der Waals surface area contributed by atoms with Crippen molar-refractivity contribution in [3.05, 3.63) is 24.3 Å². The van der Waals surface area contributed by atoms with Gasteiger partial charge in [0.25, 0.3) is 0 Å². The SMILES string of the molecule is C=C(C)C(=O)OCCOC(=O)C=CC(=O)O. The van der Waals surface area contributed by atoms with E-state index >= 15 is 0 Å². The minimum absolute atomic E-state index is 0.0989. The van der Waals surface area contributed by atoms with E-state index in [1.165, 1.54) is 6.92 Å². The summed E-state index contributed by atoms with van der Waals surface area (Å²) in [6.45, 7) is 4.61. The van der Waals surface area contributed by atoms with Crippen molar-refractivity contribution < 1.29 is 29.0 Å². The summed E-state index contributed by atoms with van der Waals surface area (Å²) in [6.07, 6.45) is 1.42. The van der Waals surface area contributed by atoms with Crippen LogP contribution in [0.25, 0.3) is 0 Å². The fourth-order valence-corrected chi connectivity index (χ4v) is 0.587. The van der Waals surface area contributed by atoms with Gasteiger partial charge in [0, 0.05) is 17.7 Å². The molecule has 0 aromatic rings. The van der Waals surface area contributed by atoms with Gasteiger partial charge in [0.15, 0.2) is 0 Å². The molecular weight excluding hydrogens is 216 g/mol. The van der Waals surface area contributed by atoms with Gasteiger partial charge in [-0.3, -0.25) is 0 Å². The van der Waals surface area contributed by atoms with E-state index < -0.39 is 17.9 Å². The number of carboxylic acids is 1. The number of carbonyl (C=O) groups is 3. The van der Waals surface area contributed by atoms with Gasteiger partial charge in [0.2, 0.25) is 0 Å². The van der Waals surface area contributed by atoms with E-state index in [0.717, 1.165) is 6.08 Å². The minimum atomic E-state index is -1.24. The van der Waals surface area contributed by atoms with Crippen molar-refractivity contribution in [1.82, 2.24) is 0 Å². The molecule has 0 aromatic carbocycles. The Balaban J connectivity index is 3.67. The lowest BCUT2D eigenvalue weighted by atomic mass is 10.4. The summed E-state index contributed by atoms with van der Waals surface area (Å²) in [5.41, 5.74) is 0.247. The van der Waals surface area contributed by atoms with Gasteiger partial charge in [-0.25, -0.2) is 14.4 Å². The zero-order valence-electron chi connectivity index (χ0n) is 8.76. The maximum absolute atomic E-state index is 10.8. The van der Waals surface area contributed by atoms with Crippen molar-refractivity contribution in [3.8, 4) is 0 Å². The van der Waals surface area contributed by atoms with Crippen molar-refractivity contribution in [2.24, 2.45) is 0 Å². The molecule has 0 saturated heterocycles. The molecule has 0 aliphatic heterocycles. The molecule has 6 heteroatoms. The molecule has 0 amide bonds. The van der Waals surface area contributed by atoms with E-state index in [1.807, 2.05) is 0 Å². The predicted molar refractivity (Wildman–Crippen MR) is 53.5 cm³/mol. The van der Waals surface area contributed by atoms with Crippen LogP contribution in [0.4, 0.5) is 0 Å². The Hall–Kier alpha value is -2.11. The van der Waals surface area contributed by atoms with Crippen molar-refractivity contribution in [3.63, 3.8) is 0 Å². The summed E-state index contributed by atoms with van der Waals surface area (Å²) < 4.78 is 9.15. The number of hydrogen-bond acceptors (Lipinski definition) is 5. The quantitative estimate of drug-likeness (QED) is 0.399. The molecule has 0 aromatic heterocycles. The van der Waals surface area contributed by atoms with Gasteiger partial charge in [0.05, 0.1) is 0 Å². The number of hydrogen-bond donors (Lipinski definition) is 1. The molecule has 0 spiro atoms. The third-order valence-corrected chi connectivity index (χ3v) is 1.27. The Kier molecular flexibility index (Phi) is 6.27. The van der Waals surface area contributed by atoms with Crippen LogP contribution in [-0.2, 0) is 23.9 Å². The Labute approximate surface area is 92.2 Å². The lowest BCUT2D eigenvalue weighted by Gasteiger charge is -2.03. The number of ether oxygens (including phenoxy) is 2. The fraction of sp³-hybridized carbons (Fsp3) is 0.300. The molecule has 6 nitrogen and oxygen atoms in total. The molecule has 0 unspecified atom stereocenters. The second kappa shape index (κ2) is 7.22. The molecular formula is C10H12O6. The second-order valence-electron chi connectivity index (χ2n) is 2.76. The number of rotatable bonds is 6. The highest BCUT2D eigenvalue weighted by Gasteiger charge is 2.03. The topological polar surface area (TPSA) is 89.9 Å². The van der Waals surface area contributed by atoms with E-state index in [1.54, 1.807) is 0 Å². The van der Waals surface area contributed by atoms with E-state index in [-0.39, 0.29) is 18.8 Å². The van der Waals surface area contributed by atoms with Crippen LogP contribution in [0.5, 0.6) is 0 Å². The summed E-state index contributed by atoms with van der Waals surface area (Å²) in [4.78, 5) is 31.7. The molecule has 0 saturated carbocycles. The standard InChI is InChI=1S/C10H12O6/c1-7(2)10(14)16-6-5-15-9(13)4-3-8(11)12/h3-4H,1,5-6H2,2H3,(H,11,12). The first-order valence-corrected chi connectivity index (χ1v) is 4.34. The average molecular weight is 228 g/mol. The highest BCUT2D eigenvalue weighted by molar-refractivity contribution is 5.90. The summed E-state index contributed by atoms with van der Waals surface area (Å²) >= 11 is 0. The smallest absolute Gasteiger partial charge is 0.333 e. The van der Waals surface area contributed by atoms with Gasteiger partial charge >= 0.3 is 17.9 Å². The van der Waals surface area contributed by atoms with Gasteiger partial charge < -0.3 is 14.6 Å². The van der Waals surface area contributed by atoms with Crippen LogP contribution in [-0.4, -0.2) is 36.2 Å². The molecule has 1 N–H and O–H groups in total. The summed E-state index contributed by atoms with van der Waals surface area (Å²) in [6, 6.07) is 0. The number of carbonyl (C=O) groups excluding carboxylic acids is 2. The first-order chi connectivity index (χ1) is 7.43. The largest absolute Gasteiger partial charge is 0.478 e. The predicted octanol–water partition coefficient (Wildman–Crippen LogP) is 0.290. The molecule has 0 fully saturated rings. The summed E-state index contributed by atoms with van der Waals surface area (Å²) in [5.74, 6) is -2.63. The molecule has 0 aliphatic rings. The van der Waals surface area contributed by atoms with Gasteiger partial charge in [-0.2, -0.15) is 0 Å². The Morgan fingerprint density at radius 3 is 2.25 bits per heavy atom. The molecule has 0 heterocycles. The van der Waals surface area contributed by atoms with E-state index in [0.29, 0.717) is 6.08 Å². The molecule has 0 rings (SSSR count).